The van der Waals surface area contributed by atoms with Gasteiger partial charge in [-0.15, -0.1) is 0 Å². The van der Waals surface area contributed by atoms with Crippen molar-refractivity contribution in [1.82, 2.24) is 5.32 Å². The zero-order chi connectivity index (χ0) is 14.7. The normalized spacial score (nSPS) is 14.1. The van der Waals surface area contributed by atoms with Gasteiger partial charge in [-0.2, -0.15) is 0 Å². The van der Waals surface area contributed by atoms with Crippen molar-refractivity contribution in [2.75, 3.05) is 0 Å². The van der Waals surface area contributed by atoms with Crippen molar-refractivity contribution < 1.29 is 0 Å². The summed E-state index contributed by atoms with van der Waals surface area (Å²) in [4.78, 5) is 0. The van der Waals surface area contributed by atoms with Crippen molar-refractivity contribution in [3.8, 4) is 0 Å². The van der Waals surface area contributed by atoms with Crippen LogP contribution in [0.15, 0.2) is 46.9 Å². The Kier molecular flexibility index (Phi) is 5.50. The molecule has 4 heteroatoms. The minimum absolute atomic E-state index is 0.114. The lowest BCUT2D eigenvalue weighted by Crippen LogP contribution is -2.23. The second-order valence-electron chi connectivity index (χ2n) is 4.77. The van der Waals surface area contributed by atoms with Gasteiger partial charge in [-0.1, -0.05) is 69.5 Å². The quantitative estimate of drug-likeness (QED) is 0.676. The first-order chi connectivity index (χ1) is 9.50. The van der Waals surface area contributed by atoms with E-state index in [0.717, 1.165) is 10.0 Å². The van der Waals surface area contributed by atoms with Crippen LogP contribution in [0.5, 0.6) is 0 Å². The van der Waals surface area contributed by atoms with Gasteiger partial charge in [-0.25, -0.2) is 0 Å². The largest absolute Gasteiger partial charge is 0.304 e. The molecule has 0 bridgehead atoms. The maximum absolute atomic E-state index is 6.27. The topological polar surface area (TPSA) is 12.0 Å². The molecule has 1 nitrogen and oxygen atoms in total. The standard InChI is InChI=1S/C16H16BrCl2N/c1-10(12-6-3-4-8-14(12)17)20-11(2)13-7-5-9-15(18)16(13)19/h3-11,20H,1-2H3/t10-,11?/m0/s1. The summed E-state index contributed by atoms with van der Waals surface area (Å²) >= 11 is 15.9. The molecule has 0 aliphatic carbocycles. The molecule has 1 unspecified atom stereocenters. The predicted octanol–water partition coefficient (Wildman–Crippen LogP) is 6.17. The van der Waals surface area contributed by atoms with E-state index < -0.39 is 0 Å². The Hall–Kier alpha value is -0.540. The van der Waals surface area contributed by atoms with Gasteiger partial charge < -0.3 is 5.32 Å². The van der Waals surface area contributed by atoms with E-state index in [9.17, 15) is 0 Å². The summed E-state index contributed by atoms with van der Waals surface area (Å²) in [5, 5.41) is 4.76. The van der Waals surface area contributed by atoms with E-state index in [-0.39, 0.29) is 12.1 Å². The number of nitrogens with one attached hydrogen (secondary N) is 1. The Labute approximate surface area is 138 Å². The highest BCUT2D eigenvalue weighted by molar-refractivity contribution is 9.10. The number of benzene rings is 2. The van der Waals surface area contributed by atoms with E-state index in [0.29, 0.717) is 10.0 Å². The van der Waals surface area contributed by atoms with E-state index >= 15 is 0 Å². The summed E-state index contributed by atoms with van der Waals surface area (Å²) in [7, 11) is 0. The Morgan fingerprint density at radius 3 is 2.20 bits per heavy atom. The SMILES string of the molecule is CC(N[C@@H](C)c1ccccc1Br)c1cccc(Cl)c1Cl. The molecule has 2 atom stereocenters. The summed E-state index contributed by atoms with van der Waals surface area (Å²) in [6.07, 6.45) is 0. The van der Waals surface area contributed by atoms with E-state index in [1.54, 1.807) is 6.07 Å². The number of rotatable bonds is 4. The Morgan fingerprint density at radius 1 is 0.900 bits per heavy atom. The van der Waals surface area contributed by atoms with Crippen molar-refractivity contribution in [3.63, 3.8) is 0 Å². The predicted molar refractivity (Wildman–Crippen MR) is 90.6 cm³/mol. The van der Waals surface area contributed by atoms with Crippen LogP contribution in [-0.2, 0) is 0 Å². The molecular formula is C16H16BrCl2N. The third-order valence-corrected chi connectivity index (χ3v) is 4.88. The number of halogens is 3. The third kappa shape index (κ3) is 3.56. The molecule has 0 spiro atoms. The molecule has 0 saturated carbocycles. The first-order valence-corrected chi connectivity index (χ1v) is 8.00. The maximum Gasteiger partial charge on any atom is 0.0639 e. The van der Waals surface area contributed by atoms with Gasteiger partial charge in [0, 0.05) is 16.6 Å². The van der Waals surface area contributed by atoms with E-state index in [4.69, 9.17) is 23.2 Å². The van der Waals surface area contributed by atoms with Gasteiger partial charge in [0.25, 0.3) is 0 Å². The van der Waals surface area contributed by atoms with E-state index in [2.05, 4.69) is 41.2 Å². The average Bonchev–Trinajstić information content (AvgIpc) is 2.42. The van der Waals surface area contributed by atoms with Crippen LogP contribution >= 0.6 is 39.1 Å². The van der Waals surface area contributed by atoms with Crippen LogP contribution in [0, 0.1) is 0 Å². The second-order valence-corrected chi connectivity index (χ2v) is 6.41. The molecule has 1 N–H and O–H groups in total. The van der Waals surface area contributed by atoms with Gasteiger partial charge >= 0.3 is 0 Å². The van der Waals surface area contributed by atoms with Gasteiger partial charge in [0.2, 0.25) is 0 Å². The van der Waals surface area contributed by atoms with Gasteiger partial charge in [0.05, 0.1) is 10.0 Å². The summed E-state index contributed by atoms with van der Waals surface area (Å²) in [5.74, 6) is 0. The minimum Gasteiger partial charge on any atom is -0.304 e. The average molecular weight is 373 g/mol. The molecule has 0 radical (unpaired) electrons. The second kappa shape index (κ2) is 6.95. The van der Waals surface area contributed by atoms with Gasteiger partial charge in [-0.3, -0.25) is 0 Å². The fourth-order valence-corrected chi connectivity index (χ4v) is 3.34. The summed E-state index contributed by atoms with van der Waals surface area (Å²) in [5.41, 5.74) is 2.23. The molecule has 0 aromatic heterocycles. The first kappa shape index (κ1) is 15.8. The molecular weight excluding hydrogens is 357 g/mol. The third-order valence-electron chi connectivity index (χ3n) is 3.32. The van der Waals surface area contributed by atoms with Crippen LogP contribution in [-0.4, -0.2) is 0 Å². The molecule has 0 aliphatic rings. The smallest absolute Gasteiger partial charge is 0.0639 e. The van der Waals surface area contributed by atoms with Crippen molar-refractivity contribution in [2.24, 2.45) is 0 Å². The molecule has 2 rings (SSSR count). The van der Waals surface area contributed by atoms with Crippen LogP contribution in [0.1, 0.15) is 37.1 Å². The van der Waals surface area contributed by atoms with Crippen LogP contribution in [0.25, 0.3) is 0 Å². The molecule has 0 heterocycles. The van der Waals surface area contributed by atoms with Crippen LogP contribution < -0.4 is 5.32 Å². The number of hydrogen-bond donors (Lipinski definition) is 1. The Morgan fingerprint density at radius 2 is 1.50 bits per heavy atom. The Balaban J connectivity index is 2.17. The highest BCUT2D eigenvalue weighted by Crippen LogP contribution is 2.32. The lowest BCUT2D eigenvalue weighted by molar-refractivity contribution is 0.493. The molecule has 0 aliphatic heterocycles. The number of hydrogen-bond acceptors (Lipinski definition) is 1. The van der Waals surface area contributed by atoms with Gasteiger partial charge in [0.15, 0.2) is 0 Å². The van der Waals surface area contributed by atoms with Crippen molar-refractivity contribution in [3.05, 3.63) is 68.1 Å². The van der Waals surface area contributed by atoms with Gasteiger partial charge in [-0.05, 0) is 37.1 Å². The molecule has 20 heavy (non-hydrogen) atoms. The zero-order valence-corrected chi connectivity index (χ0v) is 14.4. The molecule has 0 fully saturated rings. The summed E-state index contributed by atoms with van der Waals surface area (Å²) < 4.78 is 1.10. The van der Waals surface area contributed by atoms with Gasteiger partial charge in [0.1, 0.15) is 0 Å². The summed E-state index contributed by atoms with van der Waals surface area (Å²) in [6, 6.07) is 14.2. The van der Waals surface area contributed by atoms with Crippen LogP contribution in [0.2, 0.25) is 10.0 Å². The zero-order valence-electron chi connectivity index (χ0n) is 11.3. The molecule has 106 valence electrons. The summed E-state index contributed by atoms with van der Waals surface area (Å²) in [6.45, 7) is 4.22. The fourth-order valence-electron chi connectivity index (χ4n) is 2.24. The van der Waals surface area contributed by atoms with E-state index in [1.165, 1.54) is 5.56 Å². The Bertz CT molecular complexity index is 601. The lowest BCUT2D eigenvalue weighted by atomic mass is 10.0. The highest BCUT2D eigenvalue weighted by atomic mass is 79.9. The van der Waals surface area contributed by atoms with Crippen molar-refractivity contribution in [2.45, 2.75) is 25.9 Å². The monoisotopic (exact) mass is 371 g/mol. The lowest BCUT2D eigenvalue weighted by Gasteiger charge is -2.22. The van der Waals surface area contributed by atoms with Crippen LogP contribution in [0.4, 0.5) is 0 Å². The molecule has 2 aromatic rings. The maximum atomic E-state index is 6.27. The fraction of sp³-hybridized carbons (Fsp3) is 0.250. The highest BCUT2D eigenvalue weighted by Gasteiger charge is 2.16. The molecule has 2 aromatic carbocycles. The van der Waals surface area contributed by atoms with Crippen molar-refractivity contribution in [1.29, 1.82) is 0 Å². The molecule has 0 saturated heterocycles. The molecule has 0 amide bonds. The van der Waals surface area contributed by atoms with E-state index in [1.807, 2.05) is 30.3 Å². The van der Waals surface area contributed by atoms with Crippen molar-refractivity contribution >= 4 is 39.1 Å². The first-order valence-electron chi connectivity index (χ1n) is 6.45. The van der Waals surface area contributed by atoms with Crippen LogP contribution in [0.3, 0.4) is 0 Å². The minimum atomic E-state index is 0.114.